The van der Waals surface area contributed by atoms with Crippen molar-refractivity contribution in [2.45, 2.75) is 38.5 Å². The fourth-order valence-electron chi connectivity index (χ4n) is 2.39. The summed E-state index contributed by atoms with van der Waals surface area (Å²) in [6, 6.07) is 8.48. The van der Waals surface area contributed by atoms with Crippen LogP contribution < -0.4 is 5.73 Å². The van der Waals surface area contributed by atoms with E-state index in [1.165, 1.54) is 4.90 Å². The summed E-state index contributed by atoms with van der Waals surface area (Å²) in [6.45, 7) is 2.42. The highest BCUT2D eigenvalue weighted by Crippen LogP contribution is 2.20. The molecule has 5 heteroatoms. The maximum Gasteiger partial charge on any atom is 0.410 e. The number of Topliss-reactive ketones (excluding diaryl/α,β-unsaturated/α-hetero) is 1. The second kappa shape index (κ2) is 6.52. The minimum Gasteiger partial charge on any atom is -0.445 e. The van der Waals surface area contributed by atoms with Crippen LogP contribution >= 0.6 is 0 Å². The molecule has 1 fully saturated rings. The number of amides is 1. The lowest BCUT2D eigenvalue weighted by Gasteiger charge is -2.24. The van der Waals surface area contributed by atoms with Gasteiger partial charge in [-0.2, -0.15) is 0 Å². The lowest BCUT2D eigenvalue weighted by atomic mass is 10.1. The van der Waals surface area contributed by atoms with E-state index in [0.29, 0.717) is 13.0 Å². The van der Waals surface area contributed by atoms with Crippen LogP contribution in [0, 0.1) is 0 Å². The second-order valence-electron chi connectivity index (χ2n) is 5.08. The molecule has 1 heterocycles. The Morgan fingerprint density at radius 3 is 2.75 bits per heavy atom. The molecule has 1 aliphatic rings. The normalized spacial score (nSPS) is 19.7. The standard InChI is InChI=1S/C15H20N2O3/c1-11(16)14(18)13-8-5-9-17(13)15(19)20-10-12-6-3-2-4-7-12/h2-4,6-7,11,13H,5,8-10,16H2,1H3/t11?,13-/m0/s1. The number of likely N-dealkylation sites (tertiary alicyclic amines) is 1. The highest BCUT2D eigenvalue weighted by Gasteiger charge is 2.36. The Morgan fingerprint density at radius 2 is 2.10 bits per heavy atom. The minimum atomic E-state index is -0.553. The molecular weight excluding hydrogens is 256 g/mol. The van der Waals surface area contributed by atoms with Gasteiger partial charge in [0.05, 0.1) is 12.1 Å². The smallest absolute Gasteiger partial charge is 0.410 e. The van der Waals surface area contributed by atoms with Gasteiger partial charge in [-0.25, -0.2) is 4.79 Å². The van der Waals surface area contributed by atoms with Gasteiger partial charge >= 0.3 is 6.09 Å². The Balaban J connectivity index is 1.93. The molecule has 1 aromatic carbocycles. The molecule has 1 unspecified atom stereocenters. The molecule has 20 heavy (non-hydrogen) atoms. The average Bonchev–Trinajstić information content (AvgIpc) is 2.94. The van der Waals surface area contributed by atoms with Gasteiger partial charge in [0.25, 0.3) is 0 Å². The third-order valence-electron chi connectivity index (χ3n) is 3.47. The summed E-state index contributed by atoms with van der Waals surface area (Å²) < 4.78 is 5.27. The van der Waals surface area contributed by atoms with Gasteiger partial charge in [-0.05, 0) is 25.3 Å². The number of nitrogens with zero attached hydrogens (tertiary/aromatic N) is 1. The predicted molar refractivity (Wildman–Crippen MR) is 75.0 cm³/mol. The first-order chi connectivity index (χ1) is 9.59. The summed E-state index contributed by atoms with van der Waals surface area (Å²) in [5, 5.41) is 0. The van der Waals surface area contributed by atoms with Gasteiger partial charge in [0.15, 0.2) is 5.78 Å². The number of rotatable bonds is 4. The summed E-state index contributed by atoms with van der Waals surface area (Å²) in [4.78, 5) is 25.5. The average molecular weight is 276 g/mol. The van der Waals surface area contributed by atoms with Crippen LogP contribution in [0.5, 0.6) is 0 Å². The molecule has 0 saturated carbocycles. The molecule has 2 N–H and O–H groups in total. The molecular formula is C15H20N2O3. The zero-order valence-electron chi connectivity index (χ0n) is 11.6. The van der Waals surface area contributed by atoms with Crippen LogP contribution in [-0.2, 0) is 16.1 Å². The zero-order chi connectivity index (χ0) is 14.5. The number of ether oxygens (including phenoxy) is 1. The number of carbonyl (C=O) groups excluding carboxylic acids is 2. The molecule has 0 bridgehead atoms. The number of ketones is 1. The van der Waals surface area contributed by atoms with Gasteiger partial charge in [0, 0.05) is 6.54 Å². The number of hydrogen-bond donors (Lipinski definition) is 1. The van der Waals surface area contributed by atoms with E-state index in [1.54, 1.807) is 6.92 Å². The van der Waals surface area contributed by atoms with Crippen LogP contribution in [0.4, 0.5) is 4.79 Å². The zero-order valence-corrected chi connectivity index (χ0v) is 11.6. The Kier molecular flexibility index (Phi) is 4.74. The fraction of sp³-hybridized carbons (Fsp3) is 0.467. The number of carbonyl (C=O) groups is 2. The highest BCUT2D eigenvalue weighted by atomic mass is 16.6. The Bertz CT molecular complexity index is 473. The van der Waals surface area contributed by atoms with Crippen molar-refractivity contribution in [1.82, 2.24) is 4.90 Å². The monoisotopic (exact) mass is 276 g/mol. The van der Waals surface area contributed by atoms with Crippen LogP contribution in [0.2, 0.25) is 0 Å². The SMILES string of the molecule is CC(N)C(=O)[C@@H]1CCCN1C(=O)OCc1ccccc1. The molecule has 108 valence electrons. The number of benzene rings is 1. The first kappa shape index (κ1) is 14.5. The first-order valence-electron chi connectivity index (χ1n) is 6.86. The Morgan fingerprint density at radius 1 is 1.40 bits per heavy atom. The van der Waals surface area contributed by atoms with Crippen molar-refractivity contribution < 1.29 is 14.3 Å². The lowest BCUT2D eigenvalue weighted by Crippen LogP contribution is -2.46. The topological polar surface area (TPSA) is 72.6 Å². The summed E-state index contributed by atoms with van der Waals surface area (Å²) in [5.41, 5.74) is 6.54. The summed E-state index contributed by atoms with van der Waals surface area (Å²) in [5.74, 6) is -0.0980. The van der Waals surface area contributed by atoms with Crippen molar-refractivity contribution in [3.8, 4) is 0 Å². The number of nitrogens with two attached hydrogens (primary N) is 1. The molecule has 5 nitrogen and oxygen atoms in total. The van der Waals surface area contributed by atoms with Gasteiger partial charge in [0.1, 0.15) is 6.61 Å². The summed E-state index contributed by atoms with van der Waals surface area (Å²) in [6.07, 6.45) is 1.04. The molecule has 2 atom stereocenters. The maximum absolute atomic E-state index is 12.1. The minimum absolute atomic E-state index is 0.0980. The molecule has 2 rings (SSSR count). The van der Waals surface area contributed by atoms with Gasteiger partial charge in [-0.1, -0.05) is 30.3 Å². The van der Waals surface area contributed by atoms with Gasteiger partial charge in [0.2, 0.25) is 0 Å². The first-order valence-corrected chi connectivity index (χ1v) is 6.86. The lowest BCUT2D eigenvalue weighted by molar-refractivity contribution is -0.123. The summed E-state index contributed by atoms with van der Waals surface area (Å²) in [7, 11) is 0. The molecule has 0 aromatic heterocycles. The van der Waals surface area contributed by atoms with Crippen molar-refractivity contribution in [1.29, 1.82) is 0 Å². The van der Waals surface area contributed by atoms with E-state index in [4.69, 9.17) is 10.5 Å². The predicted octanol–water partition coefficient (Wildman–Crippen LogP) is 1.70. The Hall–Kier alpha value is -1.88. The quantitative estimate of drug-likeness (QED) is 0.908. The van der Waals surface area contributed by atoms with Crippen molar-refractivity contribution >= 4 is 11.9 Å². The van der Waals surface area contributed by atoms with Crippen LogP contribution in [0.25, 0.3) is 0 Å². The van der Waals surface area contributed by atoms with Crippen LogP contribution in [0.15, 0.2) is 30.3 Å². The van der Waals surface area contributed by atoms with Crippen molar-refractivity contribution in [2.24, 2.45) is 5.73 Å². The van der Waals surface area contributed by atoms with Crippen LogP contribution in [0.1, 0.15) is 25.3 Å². The van der Waals surface area contributed by atoms with Crippen LogP contribution in [-0.4, -0.2) is 35.4 Å². The molecule has 1 aliphatic heterocycles. The van der Waals surface area contributed by atoms with Crippen molar-refractivity contribution in [2.75, 3.05) is 6.54 Å². The van der Waals surface area contributed by atoms with E-state index in [0.717, 1.165) is 12.0 Å². The molecule has 1 aromatic rings. The van der Waals surface area contributed by atoms with Gasteiger partial charge < -0.3 is 10.5 Å². The van der Waals surface area contributed by atoms with E-state index in [2.05, 4.69) is 0 Å². The fourth-order valence-corrected chi connectivity index (χ4v) is 2.39. The van der Waals surface area contributed by atoms with Crippen molar-refractivity contribution in [3.05, 3.63) is 35.9 Å². The summed E-state index contributed by atoms with van der Waals surface area (Å²) >= 11 is 0. The van der Waals surface area contributed by atoms with Gasteiger partial charge in [-0.3, -0.25) is 9.69 Å². The molecule has 0 spiro atoms. The maximum atomic E-state index is 12.1. The van der Waals surface area contributed by atoms with E-state index in [9.17, 15) is 9.59 Å². The van der Waals surface area contributed by atoms with E-state index >= 15 is 0 Å². The highest BCUT2D eigenvalue weighted by molar-refractivity contribution is 5.91. The number of hydrogen-bond acceptors (Lipinski definition) is 4. The molecule has 1 saturated heterocycles. The third kappa shape index (κ3) is 3.36. The molecule has 0 radical (unpaired) electrons. The van der Waals surface area contributed by atoms with Crippen molar-refractivity contribution in [3.63, 3.8) is 0 Å². The Labute approximate surface area is 118 Å². The molecule has 0 aliphatic carbocycles. The largest absolute Gasteiger partial charge is 0.445 e. The third-order valence-corrected chi connectivity index (χ3v) is 3.47. The van der Waals surface area contributed by atoms with E-state index < -0.39 is 18.2 Å². The van der Waals surface area contributed by atoms with Crippen LogP contribution in [0.3, 0.4) is 0 Å². The van der Waals surface area contributed by atoms with E-state index in [1.807, 2.05) is 30.3 Å². The van der Waals surface area contributed by atoms with E-state index in [-0.39, 0.29) is 12.4 Å². The van der Waals surface area contributed by atoms with Gasteiger partial charge in [-0.15, -0.1) is 0 Å². The molecule has 1 amide bonds. The second-order valence-corrected chi connectivity index (χ2v) is 5.08.